The van der Waals surface area contributed by atoms with E-state index in [2.05, 4.69) is 83.8 Å². The first-order chi connectivity index (χ1) is 26.0. The molecule has 7 nitrogen and oxygen atoms in total. The molecule has 0 N–H and O–H groups in total. The van der Waals surface area contributed by atoms with Crippen LogP contribution in [0.25, 0.3) is 44.4 Å². The number of hydrogen-bond donors (Lipinski definition) is 0. The molecule has 0 fully saturated rings. The zero-order chi connectivity index (χ0) is 37.7. The van der Waals surface area contributed by atoms with Gasteiger partial charge in [-0.05, 0) is 70.4 Å². The van der Waals surface area contributed by atoms with Crippen LogP contribution in [0.4, 0.5) is 21.7 Å². The van der Waals surface area contributed by atoms with E-state index in [1.54, 1.807) is 4.68 Å². The van der Waals surface area contributed by atoms with Crippen molar-refractivity contribution in [3.8, 4) is 34.1 Å². The number of ether oxygens (including phenoxy) is 1. The van der Waals surface area contributed by atoms with E-state index in [0.29, 0.717) is 11.4 Å². The molecular weight excluding hydrogens is 867 g/mol. The molecular formula is C46H41FN6OPt. The van der Waals surface area contributed by atoms with Crippen LogP contribution in [0.15, 0.2) is 121 Å². The van der Waals surface area contributed by atoms with Crippen LogP contribution in [0.5, 0.6) is 11.5 Å². The largest absolute Gasteiger partial charge is 2.00 e. The number of halogens is 1. The Morgan fingerprint density at radius 3 is 2.20 bits per heavy atom. The van der Waals surface area contributed by atoms with E-state index in [-0.39, 0.29) is 32.2 Å². The van der Waals surface area contributed by atoms with Gasteiger partial charge in [0.05, 0.1) is 5.56 Å². The maximum absolute atomic E-state index is 15.7. The maximum Gasteiger partial charge on any atom is 2.00 e. The fraction of sp³-hybridized carbons (Fsp3) is 0.174. The first-order valence-electron chi connectivity index (χ1n) is 18.0. The van der Waals surface area contributed by atoms with Gasteiger partial charge < -0.3 is 19.1 Å². The number of nitrogens with zero attached hydrogens (tertiary/aromatic N) is 6. The zero-order valence-electron chi connectivity index (χ0n) is 31.8. The summed E-state index contributed by atoms with van der Waals surface area (Å²) in [7, 11) is 5.93. The monoisotopic (exact) mass is 907 g/mol. The van der Waals surface area contributed by atoms with E-state index >= 15 is 4.39 Å². The molecule has 0 aliphatic heterocycles. The Labute approximate surface area is 335 Å². The van der Waals surface area contributed by atoms with E-state index < -0.39 is 5.82 Å². The third-order valence-corrected chi connectivity index (χ3v) is 9.70. The van der Waals surface area contributed by atoms with Crippen molar-refractivity contribution in [1.29, 1.82) is 0 Å². The van der Waals surface area contributed by atoms with Gasteiger partial charge in [0.1, 0.15) is 11.6 Å². The Bertz CT molecular complexity index is 2640. The summed E-state index contributed by atoms with van der Waals surface area (Å²) in [6.07, 6.45) is 1.81. The molecule has 0 bridgehead atoms. The van der Waals surface area contributed by atoms with Crippen molar-refractivity contribution in [2.45, 2.75) is 33.1 Å². The van der Waals surface area contributed by atoms with Crippen LogP contribution in [0.3, 0.4) is 0 Å². The first-order valence-corrected chi connectivity index (χ1v) is 18.0. The number of rotatable bonds is 8. The van der Waals surface area contributed by atoms with Gasteiger partial charge in [-0.1, -0.05) is 93.0 Å². The van der Waals surface area contributed by atoms with Crippen LogP contribution >= 0.6 is 0 Å². The molecule has 0 aliphatic rings. The van der Waals surface area contributed by atoms with E-state index in [9.17, 15) is 0 Å². The molecule has 5 aromatic carbocycles. The topological polar surface area (TPSA) is 51.4 Å². The fourth-order valence-electron chi connectivity index (χ4n) is 6.96. The number of anilines is 3. The number of fused-ring (bicyclic) bond motifs is 3. The predicted octanol–water partition coefficient (Wildman–Crippen LogP) is 11.0. The summed E-state index contributed by atoms with van der Waals surface area (Å²) in [5, 5.41) is 7.20. The Morgan fingerprint density at radius 1 is 0.764 bits per heavy atom. The second-order valence-electron chi connectivity index (χ2n) is 14.8. The Balaban J connectivity index is 0.00000465. The van der Waals surface area contributed by atoms with Crippen molar-refractivity contribution in [2.24, 2.45) is 0 Å². The van der Waals surface area contributed by atoms with Crippen molar-refractivity contribution in [1.82, 2.24) is 19.3 Å². The molecule has 0 saturated carbocycles. The third-order valence-electron chi connectivity index (χ3n) is 9.70. The van der Waals surface area contributed by atoms with Gasteiger partial charge in [-0.15, -0.1) is 34.8 Å². The number of pyridine rings is 1. The van der Waals surface area contributed by atoms with Gasteiger partial charge in [0.25, 0.3) is 0 Å². The van der Waals surface area contributed by atoms with Crippen LogP contribution in [-0.2, 0) is 26.5 Å². The summed E-state index contributed by atoms with van der Waals surface area (Å²) in [5.41, 5.74) is 7.38. The average molecular weight is 908 g/mol. The minimum Gasteiger partial charge on any atom is -0.509 e. The number of aryl methyl sites for hydroxylation is 1. The van der Waals surface area contributed by atoms with Crippen molar-refractivity contribution in [2.75, 3.05) is 30.9 Å². The second-order valence-corrected chi connectivity index (χ2v) is 14.8. The van der Waals surface area contributed by atoms with E-state index in [1.807, 2.05) is 106 Å². The zero-order valence-corrected chi connectivity index (χ0v) is 34.1. The molecule has 3 heterocycles. The van der Waals surface area contributed by atoms with Gasteiger partial charge in [-0.25, -0.2) is 14.1 Å². The second kappa shape index (κ2) is 14.8. The summed E-state index contributed by atoms with van der Waals surface area (Å²) >= 11 is 0. The summed E-state index contributed by atoms with van der Waals surface area (Å²) < 4.78 is 26.0. The normalized spacial score (nSPS) is 11.5. The average Bonchev–Trinajstić information content (AvgIpc) is 3.71. The minimum atomic E-state index is -0.482. The molecule has 55 heavy (non-hydrogen) atoms. The van der Waals surface area contributed by atoms with Gasteiger partial charge in [0, 0.05) is 55.9 Å². The molecule has 8 aromatic rings. The number of aromatic nitrogens is 4. The summed E-state index contributed by atoms with van der Waals surface area (Å²) in [6.45, 7) is 8.66. The van der Waals surface area contributed by atoms with E-state index in [4.69, 9.17) is 9.84 Å². The number of para-hydroxylation sites is 2. The van der Waals surface area contributed by atoms with Crippen molar-refractivity contribution < 1.29 is 30.2 Å². The Morgan fingerprint density at radius 2 is 1.49 bits per heavy atom. The summed E-state index contributed by atoms with van der Waals surface area (Å²) in [6, 6.07) is 44.3. The molecule has 278 valence electrons. The fourth-order valence-corrected chi connectivity index (χ4v) is 6.96. The van der Waals surface area contributed by atoms with Gasteiger partial charge in [0.15, 0.2) is 5.82 Å². The number of benzene rings is 5. The Hall–Kier alpha value is -5.72. The first kappa shape index (κ1) is 37.6. The van der Waals surface area contributed by atoms with Gasteiger partial charge in [-0.2, -0.15) is 6.07 Å². The standard InChI is InChI=1S/C46H41FN6O.Pt/c1-30-23-24-48-42(25-30)52-40-16-12-11-15-38(40)39-22-21-36(29-41(39)52)54-37-27-33(47)26-35(28-37)53-45(51(7)34-13-9-8-10-14-34)43(44(49-53)50(5)6)31-17-19-32(20-18-31)46(2,3)4;/h8-27H,1-7H3;/q-2;+2. The molecule has 0 saturated heterocycles. The maximum atomic E-state index is 15.7. The van der Waals surface area contributed by atoms with Crippen LogP contribution in [0.2, 0.25) is 0 Å². The van der Waals surface area contributed by atoms with Crippen molar-refractivity contribution >= 4 is 39.1 Å². The predicted molar refractivity (Wildman–Crippen MR) is 218 cm³/mol. The van der Waals surface area contributed by atoms with Gasteiger partial charge in [0.2, 0.25) is 0 Å². The third kappa shape index (κ3) is 7.15. The molecule has 3 aromatic heterocycles. The Kier molecular flexibility index (Phi) is 10.1. The quantitative estimate of drug-likeness (QED) is 0.142. The smallest absolute Gasteiger partial charge is 0.509 e. The molecule has 8 rings (SSSR count). The van der Waals surface area contributed by atoms with Crippen LogP contribution in [0, 0.1) is 24.9 Å². The molecule has 0 radical (unpaired) electrons. The van der Waals surface area contributed by atoms with Gasteiger partial charge in [-0.3, -0.25) is 0 Å². The number of hydrogen-bond acceptors (Lipinski definition) is 5. The molecule has 0 unspecified atom stereocenters. The molecule has 0 aliphatic carbocycles. The van der Waals surface area contributed by atoms with E-state index in [1.165, 1.54) is 17.7 Å². The summed E-state index contributed by atoms with van der Waals surface area (Å²) in [5.74, 6) is 2.40. The van der Waals surface area contributed by atoms with Crippen molar-refractivity contribution in [3.05, 3.63) is 151 Å². The molecule has 0 atom stereocenters. The molecule has 9 heteroatoms. The van der Waals surface area contributed by atoms with E-state index in [0.717, 1.165) is 61.6 Å². The molecule has 0 amide bonds. The van der Waals surface area contributed by atoms with Crippen LogP contribution < -0.4 is 14.5 Å². The van der Waals surface area contributed by atoms with Gasteiger partial charge >= 0.3 is 21.1 Å². The van der Waals surface area contributed by atoms with Crippen LogP contribution in [0.1, 0.15) is 31.9 Å². The minimum absolute atomic E-state index is 0. The van der Waals surface area contributed by atoms with Crippen LogP contribution in [-0.4, -0.2) is 40.5 Å². The molecule has 0 spiro atoms. The SMILES string of the molecule is Cc1ccnc(-n2c3[c-]c(Oc4[c-]c(-n5nc(N(C)C)c(-c6ccc(C(C)(C)C)cc6)c5N(C)c5ccccc5)cc(F)c4)ccc3c3ccccc32)c1.[Pt+2]. The van der Waals surface area contributed by atoms with Crippen molar-refractivity contribution in [3.63, 3.8) is 0 Å². The summed E-state index contributed by atoms with van der Waals surface area (Å²) in [4.78, 5) is 8.74.